The highest BCUT2D eigenvalue weighted by atomic mass is 16.7. The van der Waals surface area contributed by atoms with Crippen LogP contribution in [0.15, 0.2) is 146 Å². The summed E-state index contributed by atoms with van der Waals surface area (Å²) in [5.74, 6) is -0.195. The van der Waals surface area contributed by atoms with Crippen LogP contribution in [0.2, 0.25) is 0 Å². The van der Waals surface area contributed by atoms with Crippen molar-refractivity contribution in [3.63, 3.8) is 0 Å². The van der Waals surface area contributed by atoms with Crippen molar-refractivity contribution >= 4 is 5.91 Å². The fourth-order valence-electron chi connectivity index (χ4n) is 10.9. The molecule has 0 aromatic heterocycles. The first-order valence-corrected chi connectivity index (χ1v) is 37.1. The van der Waals surface area contributed by atoms with E-state index in [0.29, 0.717) is 6.42 Å². The van der Waals surface area contributed by atoms with E-state index < -0.39 is 49.5 Å². The summed E-state index contributed by atoms with van der Waals surface area (Å²) in [7, 11) is 0. The Morgan fingerprint density at radius 1 is 0.389 bits per heavy atom. The molecule has 1 aliphatic rings. The highest BCUT2D eigenvalue weighted by Gasteiger charge is 2.44. The fourth-order valence-corrected chi connectivity index (χ4v) is 10.9. The van der Waals surface area contributed by atoms with E-state index in [1.54, 1.807) is 6.08 Å². The molecule has 90 heavy (non-hydrogen) atoms. The molecule has 0 bridgehead atoms. The minimum atomic E-state index is -1.58. The topological polar surface area (TPSA) is 149 Å². The van der Waals surface area contributed by atoms with Gasteiger partial charge in [-0.25, -0.2) is 0 Å². The van der Waals surface area contributed by atoms with Crippen LogP contribution in [-0.2, 0) is 14.3 Å². The van der Waals surface area contributed by atoms with Crippen LogP contribution >= 0.6 is 0 Å². The normalized spacial score (nSPS) is 18.7. The summed E-state index contributed by atoms with van der Waals surface area (Å²) in [4.78, 5) is 13.1. The second-order valence-electron chi connectivity index (χ2n) is 25.0. The van der Waals surface area contributed by atoms with Gasteiger partial charge in [-0.2, -0.15) is 0 Å². The van der Waals surface area contributed by atoms with Crippen LogP contribution in [0.4, 0.5) is 0 Å². The number of rotatable bonds is 63. The van der Waals surface area contributed by atoms with Gasteiger partial charge < -0.3 is 40.3 Å². The number of hydrogen-bond donors (Lipinski definition) is 6. The molecule has 7 unspecified atom stereocenters. The Kier molecular flexibility index (Phi) is 63.5. The molecule has 1 aliphatic heterocycles. The van der Waals surface area contributed by atoms with Gasteiger partial charge in [-0.05, 0) is 116 Å². The maximum Gasteiger partial charge on any atom is 0.220 e. The summed E-state index contributed by atoms with van der Waals surface area (Å²) in [5, 5.41) is 54.8. The van der Waals surface area contributed by atoms with Gasteiger partial charge in [-0.15, -0.1) is 0 Å². The number of unbranched alkanes of at least 4 members (excludes halogenated alkanes) is 31. The SMILES string of the molecule is CC/C=C\C/C=C\C/C=C\C/C=C\C/C=C\C/C=C\C/C=C\C/C=C\C/C=C\CCCCCCCCCCCCCCCC(=O)NC(COC1OC(CO)C(O)C(O)C1O)C(O)/C=C/CC/C=C/CC/C=C/CCCCCCCCCCCCCCCCCC. The highest BCUT2D eigenvalue weighted by Crippen LogP contribution is 2.23. The summed E-state index contributed by atoms with van der Waals surface area (Å²) in [6, 6.07) is -0.840. The van der Waals surface area contributed by atoms with Crippen LogP contribution in [0.25, 0.3) is 0 Å². The van der Waals surface area contributed by atoms with Crippen LogP contribution in [0.1, 0.15) is 303 Å². The summed E-state index contributed by atoms with van der Waals surface area (Å²) >= 11 is 0. The molecule has 7 atom stereocenters. The molecule has 0 aromatic carbocycles. The molecule has 514 valence electrons. The van der Waals surface area contributed by atoms with Gasteiger partial charge in [-0.1, -0.05) is 327 Å². The van der Waals surface area contributed by atoms with Gasteiger partial charge in [0.25, 0.3) is 0 Å². The molecule has 0 aliphatic carbocycles. The molecule has 1 amide bonds. The van der Waals surface area contributed by atoms with Crippen LogP contribution in [-0.4, -0.2) is 87.5 Å². The minimum Gasteiger partial charge on any atom is -0.394 e. The Balaban J connectivity index is 2.15. The Labute approximate surface area is 553 Å². The zero-order valence-electron chi connectivity index (χ0n) is 57.6. The molecule has 0 aromatic rings. The van der Waals surface area contributed by atoms with Crippen LogP contribution in [0, 0.1) is 0 Å². The van der Waals surface area contributed by atoms with Crippen molar-refractivity contribution in [2.24, 2.45) is 0 Å². The van der Waals surface area contributed by atoms with Crippen LogP contribution in [0.5, 0.6) is 0 Å². The number of nitrogens with one attached hydrogen (secondary N) is 1. The second-order valence-corrected chi connectivity index (χ2v) is 25.0. The molecule has 1 heterocycles. The van der Waals surface area contributed by atoms with Crippen molar-refractivity contribution in [2.45, 2.75) is 346 Å². The monoisotopic (exact) mass is 1250 g/mol. The van der Waals surface area contributed by atoms with E-state index in [9.17, 15) is 30.3 Å². The van der Waals surface area contributed by atoms with E-state index in [4.69, 9.17) is 9.47 Å². The van der Waals surface area contributed by atoms with Gasteiger partial charge in [0.15, 0.2) is 6.29 Å². The summed E-state index contributed by atoms with van der Waals surface area (Å²) in [6.07, 6.45) is 98.2. The predicted molar refractivity (Wildman–Crippen MR) is 386 cm³/mol. The number of carbonyl (C=O) groups excluding carboxylic acids is 1. The first-order valence-electron chi connectivity index (χ1n) is 37.1. The Hall–Kier alpha value is -3.93. The lowest BCUT2D eigenvalue weighted by Gasteiger charge is -2.40. The molecule has 1 rings (SSSR count). The zero-order chi connectivity index (χ0) is 64.9. The van der Waals surface area contributed by atoms with E-state index in [-0.39, 0.29) is 12.5 Å². The van der Waals surface area contributed by atoms with Crippen LogP contribution in [0.3, 0.4) is 0 Å². The summed E-state index contributed by atoms with van der Waals surface area (Å²) < 4.78 is 11.3. The van der Waals surface area contributed by atoms with E-state index in [0.717, 1.165) is 103 Å². The van der Waals surface area contributed by atoms with E-state index in [1.165, 1.54) is 180 Å². The van der Waals surface area contributed by atoms with Gasteiger partial charge in [0.05, 0.1) is 25.4 Å². The second kappa shape index (κ2) is 67.9. The summed E-state index contributed by atoms with van der Waals surface area (Å²) in [6.45, 7) is 3.66. The third kappa shape index (κ3) is 55.7. The van der Waals surface area contributed by atoms with Gasteiger partial charge >= 0.3 is 0 Å². The minimum absolute atomic E-state index is 0.195. The number of aliphatic hydroxyl groups is 5. The first-order chi connectivity index (χ1) is 44.3. The molecule has 1 fully saturated rings. The Morgan fingerprint density at radius 2 is 0.700 bits per heavy atom. The Morgan fingerprint density at radius 3 is 1.07 bits per heavy atom. The van der Waals surface area contributed by atoms with E-state index >= 15 is 0 Å². The molecule has 9 heteroatoms. The largest absolute Gasteiger partial charge is 0.394 e. The molecule has 6 N–H and O–H groups in total. The maximum atomic E-state index is 13.1. The standard InChI is InChI=1S/C81H137NO8/c1-3-5-7-9-11-13-15-17-19-21-23-25-27-29-31-32-33-34-35-36-37-38-39-40-41-42-43-44-45-47-49-51-53-55-57-59-61-63-65-67-69-71-77(85)82-74(73-89-81-80(88)79(87)78(86)76(72-83)90-81)75(84)70-68-66-64-62-60-58-56-54-52-50-48-46-30-28-26-24-22-20-18-16-14-12-10-8-6-4-2/h5,7,11,13,17,19,23,25,29,31,33-34,36-37,39-40,42-43,52,54,60,62,68,70,74-76,78-81,83-84,86-88H,3-4,6,8-10,12,14-16,18,20-22,24,26-28,30,32,35,38,41,44-51,53,55-59,61,63-67,69,71-73H2,1-2H3,(H,82,85)/b7-5-,13-11-,19-17-,25-23-,31-29-,34-33-,37-36-,40-39-,43-42-,54-52+,62-60+,70-68+. The predicted octanol–water partition coefficient (Wildman–Crippen LogP) is 20.9. The third-order valence-corrected chi connectivity index (χ3v) is 16.6. The average Bonchev–Trinajstić information content (AvgIpc) is 1.28. The number of carbonyl (C=O) groups is 1. The van der Waals surface area contributed by atoms with Crippen molar-refractivity contribution in [3.05, 3.63) is 146 Å². The molecule has 9 nitrogen and oxygen atoms in total. The van der Waals surface area contributed by atoms with Crippen molar-refractivity contribution in [3.8, 4) is 0 Å². The van der Waals surface area contributed by atoms with Gasteiger partial charge in [0, 0.05) is 6.42 Å². The van der Waals surface area contributed by atoms with Crippen molar-refractivity contribution < 1.29 is 39.8 Å². The third-order valence-electron chi connectivity index (χ3n) is 16.6. The highest BCUT2D eigenvalue weighted by molar-refractivity contribution is 5.76. The lowest BCUT2D eigenvalue weighted by Crippen LogP contribution is -2.60. The lowest BCUT2D eigenvalue weighted by molar-refractivity contribution is -0.302. The fraction of sp³-hybridized carbons (Fsp3) is 0.691. The molecule has 0 radical (unpaired) electrons. The quantitative estimate of drug-likeness (QED) is 0.0261. The molecular weight excluding hydrogens is 1110 g/mol. The first kappa shape index (κ1) is 84.1. The molecular formula is C81H137NO8. The number of aliphatic hydroxyl groups excluding tert-OH is 5. The zero-order valence-corrected chi connectivity index (χ0v) is 57.6. The number of ether oxygens (including phenoxy) is 2. The van der Waals surface area contributed by atoms with Gasteiger partial charge in [0.1, 0.15) is 24.4 Å². The average molecular weight is 1250 g/mol. The van der Waals surface area contributed by atoms with E-state index in [1.807, 2.05) is 6.08 Å². The van der Waals surface area contributed by atoms with Gasteiger partial charge in [0.2, 0.25) is 5.91 Å². The number of allylic oxidation sites excluding steroid dienone is 23. The maximum absolute atomic E-state index is 13.1. The van der Waals surface area contributed by atoms with Crippen molar-refractivity contribution in [2.75, 3.05) is 13.2 Å². The van der Waals surface area contributed by atoms with Crippen molar-refractivity contribution in [1.29, 1.82) is 0 Å². The smallest absolute Gasteiger partial charge is 0.220 e. The molecule has 0 saturated carbocycles. The molecule has 0 spiro atoms. The van der Waals surface area contributed by atoms with Crippen LogP contribution < -0.4 is 5.32 Å². The summed E-state index contributed by atoms with van der Waals surface area (Å²) in [5.41, 5.74) is 0. The van der Waals surface area contributed by atoms with Gasteiger partial charge in [-0.3, -0.25) is 4.79 Å². The van der Waals surface area contributed by atoms with Crippen molar-refractivity contribution in [1.82, 2.24) is 5.32 Å². The number of hydrogen-bond acceptors (Lipinski definition) is 8. The van der Waals surface area contributed by atoms with E-state index in [2.05, 4.69) is 153 Å². The molecule has 1 saturated heterocycles. The Bertz CT molecular complexity index is 1940. The lowest BCUT2D eigenvalue weighted by atomic mass is 9.99. The number of amides is 1.